The van der Waals surface area contributed by atoms with Crippen LogP contribution in [0.2, 0.25) is 0 Å². The Balaban J connectivity index is 5.32. The smallest absolute Gasteiger partial charge is 0.462 e. The zero-order chi connectivity index (χ0) is 67.5. The van der Waals surface area contributed by atoms with Crippen molar-refractivity contribution >= 4 is 39.5 Å². The van der Waals surface area contributed by atoms with E-state index in [-0.39, 0.29) is 25.7 Å². The number of aliphatic hydroxyl groups excluding tert-OH is 1. The first kappa shape index (κ1) is 88.8. The second-order valence-electron chi connectivity index (χ2n) is 24.5. The molecule has 0 saturated heterocycles. The summed E-state index contributed by atoms with van der Waals surface area (Å²) in [6, 6.07) is 0. The Hall–Kier alpha value is -3.24. The third kappa shape index (κ3) is 65.4. The Labute approximate surface area is 559 Å². The van der Waals surface area contributed by atoms with Crippen molar-refractivity contribution in [2.24, 2.45) is 0 Å². The lowest BCUT2D eigenvalue weighted by molar-refractivity contribution is -0.161. The average Bonchev–Trinajstić information content (AvgIpc) is 2.93. The highest BCUT2D eigenvalue weighted by atomic mass is 31.2. The summed E-state index contributed by atoms with van der Waals surface area (Å²) in [5.41, 5.74) is 0. The number of ether oxygens (including phenoxy) is 4. The van der Waals surface area contributed by atoms with Crippen LogP contribution in [0, 0.1) is 0 Å². The Morgan fingerprint density at radius 3 is 0.913 bits per heavy atom. The molecule has 0 aliphatic rings. The molecule has 0 spiro atoms. The van der Waals surface area contributed by atoms with E-state index in [1.54, 1.807) is 0 Å². The van der Waals surface area contributed by atoms with Crippen molar-refractivity contribution in [3.8, 4) is 0 Å². The van der Waals surface area contributed by atoms with Gasteiger partial charge in [0.2, 0.25) is 0 Å². The lowest BCUT2D eigenvalue weighted by atomic mass is 10.1. The number of phosphoric ester groups is 2. The van der Waals surface area contributed by atoms with Gasteiger partial charge in [0.25, 0.3) is 0 Å². The first-order chi connectivity index (χ1) is 44.7. The van der Waals surface area contributed by atoms with Crippen molar-refractivity contribution in [3.05, 3.63) is 60.8 Å². The van der Waals surface area contributed by atoms with Crippen LogP contribution in [0.5, 0.6) is 0 Å². The maximum atomic E-state index is 13.0. The summed E-state index contributed by atoms with van der Waals surface area (Å²) in [7, 11) is -9.93. The maximum Gasteiger partial charge on any atom is 0.472 e. The Bertz CT molecular complexity index is 1990. The van der Waals surface area contributed by atoms with Gasteiger partial charge in [-0.3, -0.25) is 37.3 Å². The largest absolute Gasteiger partial charge is 0.472 e. The van der Waals surface area contributed by atoms with Crippen LogP contribution in [0.15, 0.2) is 60.8 Å². The van der Waals surface area contributed by atoms with Crippen LogP contribution in [0.25, 0.3) is 0 Å². The summed E-state index contributed by atoms with van der Waals surface area (Å²) >= 11 is 0. The first-order valence-corrected chi connectivity index (χ1v) is 39.5. The molecule has 19 heteroatoms. The molecule has 92 heavy (non-hydrogen) atoms. The molecule has 0 aliphatic heterocycles. The fraction of sp³-hybridized carbons (Fsp3) is 0.808. The van der Waals surface area contributed by atoms with Crippen LogP contribution in [0.3, 0.4) is 0 Å². The number of phosphoric acid groups is 2. The minimum absolute atomic E-state index is 0.0845. The van der Waals surface area contributed by atoms with Crippen molar-refractivity contribution in [1.82, 2.24) is 0 Å². The third-order valence-corrected chi connectivity index (χ3v) is 17.4. The van der Waals surface area contributed by atoms with Crippen LogP contribution in [-0.4, -0.2) is 96.7 Å². The van der Waals surface area contributed by atoms with E-state index in [1.165, 1.54) is 89.9 Å². The zero-order valence-electron chi connectivity index (χ0n) is 58.2. The van der Waals surface area contributed by atoms with Crippen LogP contribution < -0.4 is 0 Å². The number of carbonyl (C=O) groups is 4. The van der Waals surface area contributed by atoms with Crippen LogP contribution in [0.4, 0.5) is 0 Å². The summed E-state index contributed by atoms with van der Waals surface area (Å²) in [5.74, 6) is -2.19. The van der Waals surface area contributed by atoms with E-state index >= 15 is 0 Å². The molecular weight excluding hydrogens is 1210 g/mol. The lowest BCUT2D eigenvalue weighted by Gasteiger charge is -2.21. The molecule has 17 nitrogen and oxygen atoms in total. The van der Waals surface area contributed by atoms with Crippen LogP contribution in [-0.2, 0) is 65.4 Å². The number of unbranched alkanes of at least 4 members (excludes halogenated alkanes) is 33. The van der Waals surface area contributed by atoms with Crippen LogP contribution in [0.1, 0.15) is 323 Å². The zero-order valence-corrected chi connectivity index (χ0v) is 60.0. The molecule has 0 aromatic rings. The molecule has 0 aromatic heterocycles. The number of allylic oxidation sites excluding steroid dienone is 10. The molecule has 5 atom stereocenters. The van der Waals surface area contributed by atoms with E-state index in [4.69, 9.17) is 37.0 Å². The normalized spacial score (nSPS) is 14.4. The van der Waals surface area contributed by atoms with Crippen LogP contribution >= 0.6 is 15.6 Å². The van der Waals surface area contributed by atoms with E-state index < -0.39 is 97.5 Å². The minimum Gasteiger partial charge on any atom is -0.462 e. The SMILES string of the molecule is CC/C=C\C/C=C\C/C=C\CCCCCCCC(=O)OCC(COP(=O)(O)OCC(O)COP(=O)(O)OCC(COC(=O)CCCCCCC/C=C\CCCC)OC(=O)CCCCCCCCCCCCC)OC(=O)CCCCCCC/C=C\CCCCCCCC. The maximum absolute atomic E-state index is 13.0. The Morgan fingerprint density at radius 1 is 0.315 bits per heavy atom. The van der Waals surface area contributed by atoms with Gasteiger partial charge < -0.3 is 33.8 Å². The number of esters is 4. The minimum atomic E-state index is -4.97. The molecule has 3 N–H and O–H groups in total. The molecule has 0 aromatic carbocycles. The van der Waals surface area contributed by atoms with Crippen molar-refractivity contribution in [1.29, 1.82) is 0 Å². The van der Waals surface area contributed by atoms with E-state index in [1.807, 2.05) is 0 Å². The Morgan fingerprint density at radius 2 is 0.576 bits per heavy atom. The Kier molecular flexibility index (Phi) is 64.0. The van der Waals surface area contributed by atoms with E-state index in [9.17, 15) is 43.2 Å². The predicted octanol–water partition coefficient (Wildman–Crippen LogP) is 20.3. The van der Waals surface area contributed by atoms with Gasteiger partial charge in [0.1, 0.15) is 19.3 Å². The fourth-order valence-electron chi connectivity index (χ4n) is 9.86. The van der Waals surface area contributed by atoms with Gasteiger partial charge in [-0.1, -0.05) is 255 Å². The number of aliphatic hydroxyl groups is 1. The van der Waals surface area contributed by atoms with Gasteiger partial charge >= 0.3 is 39.5 Å². The average molecular weight is 1340 g/mol. The molecule has 0 radical (unpaired) electrons. The molecule has 0 heterocycles. The molecule has 0 bridgehead atoms. The van der Waals surface area contributed by atoms with Gasteiger partial charge in [-0.2, -0.15) is 0 Å². The topological polar surface area (TPSA) is 237 Å². The number of carbonyl (C=O) groups excluding carboxylic acids is 4. The van der Waals surface area contributed by atoms with Crippen molar-refractivity contribution in [2.75, 3.05) is 39.6 Å². The highest BCUT2D eigenvalue weighted by Gasteiger charge is 2.30. The van der Waals surface area contributed by atoms with Gasteiger partial charge in [-0.05, 0) is 103 Å². The molecule has 0 fully saturated rings. The summed E-state index contributed by atoms with van der Waals surface area (Å²) in [5, 5.41) is 10.6. The lowest BCUT2D eigenvalue weighted by Crippen LogP contribution is -2.30. The summed E-state index contributed by atoms with van der Waals surface area (Å²) < 4.78 is 68.3. The molecule has 0 saturated carbocycles. The van der Waals surface area contributed by atoms with Gasteiger partial charge in [0.05, 0.1) is 26.4 Å². The molecular formula is C73H132O17P2. The molecule has 0 amide bonds. The monoisotopic (exact) mass is 1340 g/mol. The quantitative estimate of drug-likeness (QED) is 0.0169. The molecule has 0 rings (SSSR count). The molecule has 5 unspecified atom stereocenters. The second kappa shape index (κ2) is 66.4. The molecule has 536 valence electrons. The standard InChI is InChI=1S/C73H132O17P2/c1-5-9-13-17-21-25-29-31-33-35-39-42-46-50-54-58-71(76)84-64-69(90-73(78)60-56-52-48-44-40-36-34-32-30-26-22-18-14-10-6-2)66-88-92(81,82)86-62-67(74)61-85-91(79,80)87-65-68(89-72(77)59-55-51-47-43-38-28-24-20-16-12-8-4)63-83-70(75)57-53-49-45-41-37-27-23-19-15-11-7-3/h9,13,19,21,23,25,31-34,67-69,74H,5-8,10-12,14-18,20,22,24,26-30,35-66H2,1-4H3,(H,79,80)(H,81,82)/b13-9-,23-19-,25-21-,33-31-,34-32-. The van der Waals surface area contributed by atoms with E-state index in [2.05, 4.69) is 88.5 Å². The van der Waals surface area contributed by atoms with Crippen molar-refractivity contribution < 1.29 is 80.2 Å². The fourth-order valence-corrected chi connectivity index (χ4v) is 11.4. The van der Waals surface area contributed by atoms with Crippen molar-refractivity contribution in [3.63, 3.8) is 0 Å². The highest BCUT2D eigenvalue weighted by Crippen LogP contribution is 2.45. The number of hydrogen-bond acceptors (Lipinski definition) is 15. The highest BCUT2D eigenvalue weighted by molar-refractivity contribution is 7.47. The second-order valence-corrected chi connectivity index (χ2v) is 27.4. The van der Waals surface area contributed by atoms with E-state index in [0.29, 0.717) is 25.7 Å². The van der Waals surface area contributed by atoms with Gasteiger partial charge in [-0.15, -0.1) is 0 Å². The van der Waals surface area contributed by atoms with Gasteiger partial charge in [-0.25, -0.2) is 9.13 Å². The van der Waals surface area contributed by atoms with E-state index in [0.717, 1.165) is 154 Å². The number of hydrogen-bond donors (Lipinski definition) is 3. The predicted molar refractivity (Wildman–Crippen MR) is 372 cm³/mol. The van der Waals surface area contributed by atoms with Gasteiger partial charge in [0.15, 0.2) is 12.2 Å². The van der Waals surface area contributed by atoms with Gasteiger partial charge in [0, 0.05) is 25.7 Å². The summed E-state index contributed by atoms with van der Waals surface area (Å²) in [6.45, 7) is 4.70. The third-order valence-electron chi connectivity index (χ3n) is 15.5. The summed E-state index contributed by atoms with van der Waals surface area (Å²) in [6.07, 6.45) is 62.3. The van der Waals surface area contributed by atoms with Crippen molar-refractivity contribution in [2.45, 2.75) is 341 Å². The summed E-state index contributed by atoms with van der Waals surface area (Å²) in [4.78, 5) is 72.6. The molecule has 0 aliphatic carbocycles. The number of rotatable bonds is 69. The first-order valence-electron chi connectivity index (χ1n) is 36.5.